The Morgan fingerprint density at radius 3 is 2.54 bits per heavy atom. The van der Waals surface area contributed by atoms with Gasteiger partial charge in [0.2, 0.25) is 0 Å². The van der Waals surface area contributed by atoms with Crippen molar-refractivity contribution >= 4 is 10.8 Å². The van der Waals surface area contributed by atoms with Crippen LogP contribution in [0, 0.1) is 0 Å². The second-order valence-electron chi connectivity index (χ2n) is 6.21. The minimum atomic E-state index is 0.283. The van der Waals surface area contributed by atoms with Crippen molar-refractivity contribution in [2.24, 2.45) is 0 Å². The molecule has 0 aliphatic carbocycles. The number of nitrogens with zero attached hydrogens (tertiary/aromatic N) is 3. The molecule has 0 fully saturated rings. The van der Waals surface area contributed by atoms with Gasteiger partial charge in [0.1, 0.15) is 17.2 Å². The normalized spacial score (nSPS) is 11.0. The first kappa shape index (κ1) is 16.1. The van der Waals surface area contributed by atoms with Gasteiger partial charge in [-0.05, 0) is 53.1 Å². The third-order valence-corrected chi connectivity index (χ3v) is 4.45. The molecule has 0 spiro atoms. The van der Waals surface area contributed by atoms with E-state index >= 15 is 0 Å². The van der Waals surface area contributed by atoms with E-state index in [1.807, 2.05) is 41.2 Å². The Hall–Kier alpha value is -3.34. The van der Waals surface area contributed by atoms with Crippen molar-refractivity contribution in [1.82, 2.24) is 15.0 Å². The maximum Gasteiger partial charge on any atom is 0.119 e. The lowest BCUT2D eigenvalue weighted by molar-refractivity contribution is 0.415. The summed E-state index contributed by atoms with van der Waals surface area (Å²) in [6, 6.07) is 19.5. The first-order valence-electron chi connectivity index (χ1n) is 8.47. The van der Waals surface area contributed by atoms with Crippen molar-refractivity contribution in [3.63, 3.8) is 0 Å². The van der Waals surface area contributed by atoms with Gasteiger partial charge in [0.15, 0.2) is 0 Å². The number of phenolic OH excluding ortho intramolecular Hbond substituents is 1. The van der Waals surface area contributed by atoms with Gasteiger partial charge < -0.3 is 9.84 Å². The molecule has 0 aliphatic heterocycles. The fourth-order valence-corrected chi connectivity index (χ4v) is 2.96. The first-order valence-corrected chi connectivity index (χ1v) is 8.47. The number of rotatable bonds is 5. The van der Waals surface area contributed by atoms with Crippen LogP contribution in [-0.4, -0.2) is 27.2 Å². The van der Waals surface area contributed by atoms with Gasteiger partial charge in [-0.3, -0.25) is 4.68 Å². The molecule has 1 aromatic heterocycles. The molecule has 26 heavy (non-hydrogen) atoms. The van der Waals surface area contributed by atoms with Crippen LogP contribution in [0.25, 0.3) is 22.0 Å². The third-order valence-electron chi connectivity index (χ3n) is 4.45. The summed E-state index contributed by atoms with van der Waals surface area (Å²) in [4.78, 5) is 0. The van der Waals surface area contributed by atoms with Crippen molar-refractivity contribution < 1.29 is 9.84 Å². The number of aromatic hydroxyl groups is 1. The van der Waals surface area contributed by atoms with Crippen LogP contribution >= 0.6 is 0 Å². The zero-order valence-corrected chi connectivity index (χ0v) is 14.5. The molecule has 1 N–H and O–H groups in total. The summed E-state index contributed by atoms with van der Waals surface area (Å²) in [6.45, 7) is 0.739. The highest BCUT2D eigenvalue weighted by Crippen LogP contribution is 2.26. The Morgan fingerprint density at radius 1 is 0.962 bits per heavy atom. The Labute approximate surface area is 151 Å². The fourth-order valence-electron chi connectivity index (χ4n) is 2.96. The maximum atomic E-state index is 9.34. The number of hydrogen-bond donors (Lipinski definition) is 1. The predicted molar refractivity (Wildman–Crippen MR) is 101 cm³/mol. The zero-order valence-electron chi connectivity index (χ0n) is 14.5. The Morgan fingerprint density at radius 2 is 1.73 bits per heavy atom. The average Bonchev–Trinajstić information content (AvgIpc) is 3.16. The van der Waals surface area contributed by atoms with E-state index in [-0.39, 0.29) is 5.75 Å². The molecule has 0 atom stereocenters. The second-order valence-corrected chi connectivity index (χ2v) is 6.21. The molecule has 1 heterocycles. The Kier molecular flexibility index (Phi) is 4.27. The molecule has 5 nitrogen and oxygen atoms in total. The van der Waals surface area contributed by atoms with Crippen molar-refractivity contribution in [3.05, 3.63) is 72.4 Å². The van der Waals surface area contributed by atoms with Crippen LogP contribution in [0.4, 0.5) is 0 Å². The summed E-state index contributed by atoms with van der Waals surface area (Å²) in [5.41, 5.74) is 3.05. The number of methoxy groups -OCH3 is 1. The smallest absolute Gasteiger partial charge is 0.119 e. The highest BCUT2D eigenvalue weighted by atomic mass is 16.5. The summed E-state index contributed by atoms with van der Waals surface area (Å²) < 4.78 is 7.12. The van der Waals surface area contributed by atoms with Crippen LogP contribution < -0.4 is 4.74 Å². The van der Waals surface area contributed by atoms with E-state index in [1.54, 1.807) is 19.2 Å². The van der Waals surface area contributed by atoms with Crippen LogP contribution in [-0.2, 0) is 13.0 Å². The summed E-state index contributed by atoms with van der Waals surface area (Å²) in [7, 11) is 1.67. The van der Waals surface area contributed by atoms with Gasteiger partial charge in [0.25, 0.3) is 0 Å². The van der Waals surface area contributed by atoms with Crippen molar-refractivity contribution in [1.29, 1.82) is 0 Å². The van der Waals surface area contributed by atoms with Crippen LogP contribution in [0.3, 0.4) is 0 Å². The third kappa shape index (κ3) is 3.37. The second kappa shape index (κ2) is 6.88. The monoisotopic (exact) mass is 345 g/mol. The summed E-state index contributed by atoms with van der Waals surface area (Å²) >= 11 is 0. The summed E-state index contributed by atoms with van der Waals surface area (Å²) in [5, 5.41) is 20.1. The zero-order chi connectivity index (χ0) is 17.9. The SMILES string of the molecule is COc1ccc2cc(-c3cn(CCc4ccc(O)cc4)nn3)ccc2c1. The van der Waals surface area contributed by atoms with E-state index in [0.29, 0.717) is 0 Å². The van der Waals surface area contributed by atoms with Crippen LogP contribution in [0.5, 0.6) is 11.5 Å². The molecule has 0 saturated carbocycles. The molecule has 0 saturated heterocycles. The van der Waals surface area contributed by atoms with Crippen molar-refractivity contribution in [3.8, 4) is 22.8 Å². The lowest BCUT2D eigenvalue weighted by Gasteiger charge is -2.04. The lowest BCUT2D eigenvalue weighted by atomic mass is 10.1. The average molecular weight is 345 g/mol. The number of ether oxygens (including phenoxy) is 1. The summed E-state index contributed by atoms with van der Waals surface area (Å²) in [5.74, 6) is 1.14. The van der Waals surface area contributed by atoms with E-state index in [4.69, 9.17) is 4.74 Å². The van der Waals surface area contributed by atoms with Crippen LogP contribution in [0.2, 0.25) is 0 Å². The molecule has 0 amide bonds. The van der Waals surface area contributed by atoms with E-state index < -0.39 is 0 Å². The Bertz CT molecular complexity index is 1040. The molecular formula is C21H19N3O2. The number of hydrogen-bond acceptors (Lipinski definition) is 4. The van der Waals surface area contributed by atoms with Crippen molar-refractivity contribution in [2.75, 3.05) is 7.11 Å². The molecule has 0 bridgehead atoms. The van der Waals surface area contributed by atoms with Gasteiger partial charge >= 0.3 is 0 Å². The van der Waals surface area contributed by atoms with Gasteiger partial charge in [-0.25, -0.2) is 0 Å². The maximum absolute atomic E-state index is 9.34. The predicted octanol–water partition coefficient (Wildman–Crippen LogP) is 4.06. The largest absolute Gasteiger partial charge is 0.508 e. The standard InChI is InChI=1S/C21H19N3O2/c1-26-20-9-6-16-12-18(5-4-17(16)13-20)21-14-24(23-22-21)11-10-15-2-7-19(25)8-3-15/h2-9,12-14,25H,10-11H2,1H3. The van der Waals surface area contributed by atoms with Crippen LogP contribution in [0.15, 0.2) is 66.9 Å². The van der Waals surface area contributed by atoms with Crippen molar-refractivity contribution in [2.45, 2.75) is 13.0 Å². The van der Waals surface area contributed by atoms with Gasteiger partial charge in [0, 0.05) is 12.1 Å². The fraction of sp³-hybridized carbons (Fsp3) is 0.143. The van der Waals surface area contributed by atoms with E-state index in [2.05, 4.69) is 28.5 Å². The number of phenols is 1. The molecule has 4 rings (SSSR count). The summed E-state index contributed by atoms with van der Waals surface area (Å²) in [6.07, 6.45) is 2.80. The molecule has 4 aromatic rings. The minimum Gasteiger partial charge on any atom is -0.508 e. The quantitative estimate of drug-likeness (QED) is 0.593. The van der Waals surface area contributed by atoms with Gasteiger partial charge in [-0.1, -0.05) is 35.5 Å². The van der Waals surface area contributed by atoms with Gasteiger partial charge in [0.05, 0.1) is 13.3 Å². The number of benzene rings is 3. The topological polar surface area (TPSA) is 60.2 Å². The molecular weight excluding hydrogens is 326 g/mol. The van der Waals surface area contributed by atoms with Crippen LogP contribution in [0.1, 0.15) is 5.56 Å². The van der Waals surface area contributed by atoms with Gasteiger partial charge in [-0.2, -0.15) is 0 Å². The Balaban J connectivity index is 1.51. The number of aromatic nitrogens is 3. The molecule has 130 valence electrons. The van der Waals surface area contributed by atoms with E-state index in [1.165, 1.54) is 0 Å². The highest BCUT2D eigenvalue weighted by Gasteiger charge is 2.06. The van der Waals surface area contributed by atoms with E-state index in [0.717, 1.165) is 46.3 Å². The molecule has 0 aliphatic rings. The molecule has 3 aromatic carbocycles. The molecule has 5 heteroatoms. The van der Waals surface area contributed by atoms with E-state index in [9.17, 15) is 5.11 Å². The lowest BCUT2D eigenvalue weighted by Crippen LogP contribution is -2.01. The molecule has 0 unspecified atom stereocenters. The highest BCUT2D eigenvalue weighted by molar-refractivity contribution is 5.87. The molecule has 0 radical (unpaired) electrons. The number of fused-ring (bicyclic) bond motifs is 1. The number of aryl methyl sites for hydroxylation is 2. The minimum absolute atomic E-state index is 0.283. The first-order chi connectivity index (χ1) is 12.7. The van der Waals surface area contributed by atoms with Gasteiger partial charge in [-0.15, -0.1) is 5.10 Å².